The average Bonchev–Trinajstić information content (AvgIpc) is 2.75. The summed E-state index contributed by atoms with van der Waals surface area (Å²) in [7, 11) is 2.97. The van der Waals surface area contributed by atoms with Gasteiger partial charge in [0.15, 0.2) is 22.5 Å². The molecule has 0 aliphatic rings. The summed E-state index contributed by atoms with van der Waals surface area (Å²) in [6.07, 6.45) is 0. The van der Waals surface area contributed by atoms with Crippen molar-refractivity contribution in [3.05, 3.63) is 68.4 Å². The third-order valence-electron chi connectivity index (χ3n) is 4.10. The third-order valence-corrected chi connectivity index (χ3v) is 5.57. The van der Waals surface area contributed by atoms with Gasteiger partial charge in [0.25, 0.3) is 11.5 Å². The molecule has 156 valence electrons. The number of carbonyl (C=O) groups is 1. The molecule has 4 N–H and O–H groups in total. The average molecular weight is 491 g/mol. The van der Waals surface area contributed by atoms with Gasteiger partial charge in [-0.1, -0.05) is 39.8 Å². The number of halogens is 1. The molecule has 0 unspecified atom stereocenters. The van der Waals surface area contributed by atoms with Gasteiger partial charge in [0, 0.05) is 15.8 Å². The van der Waals surface area contributed by atoms with Gasteiger partial charge in [-0.15, -0.1) is 0 Å². The van der Waals surface area contributed by atoms with Crippen LogP contribution in [0.15, 0.2) is 56.9 Å². The van der Waals surface area contributed by atoms with Crippen LogP contribution < -0.4 is 26.1 Å². The largest absolute Gasteiger partial charge is 0.493 e. The number of aromatic amines is 1. The molecule has 1 heterocycles. The first kappa shape index (κ1) is 21.7. The number of hydrogen-bond acceptors (Lipinski definition) is 7. The molecule has 3 rings (SSSR count). The Hall–Kier alpha value is -2.98. The summed E-state index contributed by atoms with van der Waals surface area (Å²) in [5.41, 5.74) is 6.63. The Morgan fingerprint density at radius 2 is 1.87 bits per heavy atom. The van der Waals surface area contributed by atoms with Crippen LogP contribution in [0.1, 0.15) is 15.9 Å². The number of nitrogens with two attached hydrogens (primary N) is 1. The van der Waals surface area contributed by atoms with Gasteiger partial charge in [-0.25, -0.2) is 4.98 Å². The van der Waals surface area contributed by atoms with E-state index >= 15 is 0 Å². The highest BCUT2D eigenvalue weighted by molar-refractivity contribution is 9.10. The highest BCUT2D eigenvalue weighted by atomic mass is 79.9. The Bertz CT molecular complexity index is 1120. The van der Waals surface area contributed by atoms with Gasteiger partial charge in [-0.2, -0.15) is 0 Å². The lowest BCUT2D eigenvalue weighted by molar-refractivity contribution is 0.102. The third kappa shape index (κ3) is 5.14. The van der Waals surface area contributed by atoms with Gasteiger partial charge in [-0.05, 0) is 35.9 Å². The van der Waals surface area contributed by atoms with Gasteiger partial charge in [0.05, 0.1) is 14.2 Å². The number of amides is 1. The van der Waals surface area contributed by atoms with Crippen molar-refractivity contribution in [1.82, 2.24) is 9.97 Å². The first-order valence-electron chi connectivity index (χ1n) is 8.71. The molecule has 0 radical (unpaired) electrons. The molecule has 0 spiro atoms. The Kier molecular flexibility index (Phi) is 7.01. The van der Waals surface area contributed by atoms with Crippen molar-refractivity contribution >= 4 is 45.1 Å². The van der Waals surface area contributed by atoms with Crippen LogP contribution in [0.4, 0.5) is 11.5 Å². The second kappa shape index (κ2) is 9.68. The predicted molar refractivity (Wildman–Crippen MR) is 120 cm³/mol. The van der Waals surface area contributed by atoms with Gasteiger partial charge in [0.2, 0.25) is 0 Å². The Labute approximate surface area is 185 Å². The molecule has 1 amide bonds. The molecule has 0 aliphatic heterocycles. The molecular formula is C20H19BrN4O4S. The van der Waals surface area contributed by atoms with E-state index < -0.39 is 11.5 Å². The molecule has 0 aliphatic carbocycles. The number of hydrogen-bond donors (Lipinski definition) is 3. The number of ether oxygens (including phenoxy) is 2. The standard InChI is InChI=1S/C20H19BrN4O4S/c1-28-14-8-5-12(9-15(14)29-2)18(26)23-16-17(22)24-20(25-19(16)27)30-10-11-3-6-13(21)7-4-11/h3-9H,10H2,1-2H3,(H,23,26)(H3,22,24,25,27). The molecule has 0 atom stereocenters. The number of rotatable bonds is 7. The maximum atomic E-state index is 12.6. The minimum atomic E-state index is -0.533. The maximum Gasteiger partial charge on any atom is 0.277 e. The van der Waals surface area contributed by atoms with Crippen LogP contribution in [0.3, 0.4) is 0 Å². The monoisotopic (exact) mass is 490 g/mol. The number of nitrogen functional groups attached to an aromatic ring is 1. The zero-order chi connectivity index (χ0) is 21.7. The second-order valence-corrected chi connectivity index (χ2v) is 7.95. The van der Waals surface area contributed by atoms with Crippen molar-refractivity contribution in [2.24, 2.45) is 0 Å². The van der Waals surface area contributed by atoms with Gasteiger partial charge in [0.1, 0.15) is 5.69 Å². The topological polar surface area (TPSA) is 119 Å². The van der Waals surface area contributed by atoms with Crippen LogP contribution in [0.5, 0.6) is 11.5 Å². The summed E-state index contributed by atoms with van der Waals surface area (Å²) in [5.74, 6) is 0.897. The fourth-order valence-electron chi connectivity index (χ4n) is 2.55. The van der Waals surface area contributed by atoms with Crippen molar-refractivity contribution in [2.75, 3.05) is 25.3 Å². The summed E-state index contributed by atoms with van der Waals surface area (Å²) in [6, 6.07) is 12.5. The number of nitrogens with one attached hydrogen (secondary N) is 2. The first-order valence-corrected chi connectivity index (χ1v) is 10.5. The van der Waals surface area contributed by atoms with Crippen LogP contribution >= 0.6 is 27.7 Å². The number of nitrogens with zero attached hydrogens (tertiary/aromatic N) is 1. The van der Waals surface area contributed by atoms with E-state index in [1.165, 1.54) is 32.0 Å². The number of aromatic nitrogens is 2. The molecular weight excluding hydrogens is 472 g/mol. The second-order valence-electron chi connectivity index (χ2n) is 6.07. The quantitative estimate of drug-likeness (QED) is 0.341. The summed E-state index contributed by atoms with van der Waals surface area (Å²) in [6.45, 7) is 0. The van der Waals surface area contributed by atoms with Crippen molar-refractivity contribution in [3.8, 4) is 11.5 Å². The van der Waals surface area contributed by atoms with Gasteiger partial charge < -0.3 is 20.5 Å². The molecule has 10 heteroatoms. The van der Waals surface area contributed by atoms with E-state index in [0.717, 1.165) is 10.0 Å². The minimum absolute atomic E-state index is 0.0640. The first-order chi connectivity index (χ1) is 14.4. The van der Waals surface area contributed by atoms with E-state index in [4.69, 9.17) is 15.2 Å². The molecule has 0 saturated heterocycles. The van der Waals surface area contributed by atoms with E-state index in [0.29, 0.717) is 22.4 Å². The molecule has 8 nitrogen and oxygen atoms in total. The molecule has 0 bridgehead atoms. The Morgan fingerprint density at radius 1 is 1.17 bits per heavy atom. The van der Waals surface area contributed by atoms with Crippen LogP contribution in [-0.4, -0.2) is 30.1 Å². The number of thioether (sulfide) groups is 1. The molecule has 30 heavy (non-hydrogen) atoms. The normalized spacial score (nSPS) is 10.5. The van der Waals surface area contributed by atoms with E-state index in [9.17, 15) is 9.59 Å². The van der Waals surface area contributed by atoms with Gasteiger partial charge >= 0.3 is 0 Å². The highest BCUT2D eigenvalue weighted by Crippen LogP contribution is 2.28. The fourth-order valence-corrected chi connectivity index (χ4v) is 3.64. The van der Waals surface area contributed by atoms with Gasteiger partial charge in [-0.3, -0.25) is 14.6 Å². The Morgan fingerprint density at radius 3 is 2.50 bits per heavy atom. The van der Waals surface area contributed by atoms with E-state index in [1.54, 1.807) is 12.1 Å². The lowest BCUT2D eigenvalue weighted by Gasteiger charge is -2.11. The summed E-state index contributed by atoms with van der Waals surface area (Å²) >= 11 is 4.72. The lowest BCUT2D eigenvalue weighted by Crippen LogP contribution is -2.23. The number of benzene rings is 2. The van der Waals surface area contributed by atoms with E-state index in [-0.39, 0.29) is 17.1 Å². The zero-order valence-electron chi connectivity index (χ0n) is 16.2. The van der Waals surface area contributed by atoms with Crippen LogP contribution in [0.2, 0.25) is 0 Å². The number of anilines is 2. The molecule has 2 aromatic carbocycles. The van der Waals surface area contributed by atoms with Crippen molar-refractivity contribution in [1.29, 1.82) is 0 Å². The van der Waals surface area contributed by atoms with Crippen molar-refractivity contribution in [2.45, 2.75) is 10.9 Å². The fraction of sp³-hybridized carbons (Fsp3) is 0.150. The molecule has 3 aromatic rings. The van der Waals surface area contributed by atoms with Crippen molar-refractivity contribution in [3.63, 3.8) is 0 Å². The molecule has 0 saturated carbocycles. The predicted octanol–water partition coefficient (Wildman–Crippen LogP) is 3.68. The number of carbonyl (C=O) groups excluding carboxylic acids is 1. The van der Waals surface area contributed by atoms with E-state index in [1.807, 2.05) is 24.3 Å². The summed E-state index contributed by atoms with van der Waals surface area (Å²) in [4.78, 5) is 31.8. The van der Waals surface area contributed by atoms with Crippen molar-refractivity contribution < 1.29 is 14.3 Å². The summed E-state index contributed by atoms with van der Waals surface area (Å²) in [5, 5.41) is 2.88. The van der Waals surface area contributed by atoms with E-state index in [2.05, 4.69) is 31.2 Å². The summed E-state index contributed by atoms with van der Waals surface area (Å²) < 4.78 is 11.3. The lowest BCUT2D eigenvalue weighted by atomic mass is 10.2. The van der Waals surface area contributed by atoms with Crippen LogP contribution in [-0.2, 0) is 5.75 Å². The van der Waals surface area contributed by atoms with Crippen LogP contribution in [0, 0.1) is 0 Å². The molecule has 1 aromatic heterocycles. The zero-order valence-corrected chi connectivity index (χ0v) is 18.6. The maximum absolute atomic E-state index is 12.6. The number of H-pyrrole nitrogens is 1. The highest BCUT2D eigenvalue weighted by Gasteiger charge is 2.16. The smallest absolute Gasteiger partial charge is 0.277 e. The Balaban J connectivity index is 1.74. The molecule has 0 fully saturated rings. The number of methoxy groups -OCH3 is 2. The van der Waals surface area contributed by atoms with Crippen LogP contribution in [0.25, 0.3) is 0 Å². The minimum Gasteiger partial charge on any atom is -0.493 e. The SMILES string of the molecule is COc1ccc(C(=O)Nc2c(N)nc(SCc3ccc(Br)cc3)[nH]c2=O)cc1OC.